The molecule has 0 radical (unpaired) electrons. The maximum absolute atomic E-state index is 11.8. The highest BCUT2D eigenvalue weighted by Gasteiger charge is 2.29. The third-order valence-electron chi connectivity index (χ3n) is 4.01. The quantitative estimate of drug-likeness (QED) is 0.530. The molecule has 9 heteroatoms. The van der Waals surface area contributed by atoms with Crippen molar-refractivity contribution in [3.8, 4) is 0 Å². The molecular formula is C17H23BrClN3O4. The summed E-state index contributed by atoms with van der Waals surface area (Å²) in [5.41, 5.74) is -0.0407. The van der Waals surface area contributed by atoms with Gasteiger partial charge in [0, 0.05) is 25.7 Å². The van der Waals surface area contributed by atoms with Gasteiger partial charge in [-0.2, -0.15) is 0 Å². The van der Waals surface area contributed by atoms with Crippen molar-refractivity contribution in [2.45, 2.75) is 39.2 Å². The predicted molar refractivity (Wildman–Crippen MR) is 105 cm³/mol. The number of carbonyl (C=O) groups excluding carboxylic acids is 1. The minimum absolute atomic E-state index is 0.0158. The van der Waals surface area contributed by atoms with Crippen molar-refractivity contribution in [3.63, 3.8) is 0 Å². The van der Waals surface area contributed by atoms with Crippen molar-refractivity contribution in [1.29, 1.82) is 0 Å². The molecule has 1 saturated heterocycles. The molecule has 144 valence electrons. The fourth-order valence-corrected chi connectivity index (χ4v) is 3.69. The molecule has 0 saturated carbocycles. The van der Waals surface area contributed by atoms with E-state index >= 15 is 0 Å². The molecule has 2 rings (SSSR count). The summed E-state index contributed by atoms with van der Waals surface area (Å²) in [6.45, 7) is 7.18. The molecule has 1 fully saturated rings. The second kappa shape index (κ2) is 8.43. The highest BCUT2D eigenvalue weighted by atomic mass is 79.9. The van der Waals surface area contributed by atoms with Gasteiger partial charge in [-0.05, 0) is 61.5 Å². The van der Waals surface area contributed by atoms with Gasteiger partial charge in [0.15, 0.2) is 0 Å². The van der Waals surface area contributed by atoms with Crippen LogP contribution in [0.25, 0.3) is 0 Å². The highest BCUT2D eigenvalue weighted by Crippen LogP contribution is 2.41. The topological polar surface area (TPSA) is 84.7 Å². The van der Waals surface area contributed by atoms with Crippen molar-refractivity contribution in [2.24, 2.45) is 5.92 Å². The van der Waals surface area contributed by atoms with Crippen molar-refractivity contribution in [3.05, 3.63) is 31.7 Å². The van der Waals surface area contributed by atoms with Crippen molar-refractivity contribution in [2.75, 3.05) is 24.5 Å². The van der Waals surface area contributed by atoms with E-state index < -0.39 is 16.6 Å². The van der Waals surface area contributed by atoms with E-state index in [9.17, 15) is 14.9 Å². The van der Waals surface area contributed by atoms with E-state index in [1.54, 1.807) is 0 Å². The van der Waals surface area contributed by atoms with Gasteiger partial charge in [0.1, 0.15) is 11.3 Å². The van der Waals surface area contributed by atoms with Gasteiger partial charge < -0.3 is 15.0 Å². The Morgan fingerprint density at radius 2 is 2.19 bits per heavy atom. The lowest BCUT2D eigenvalue weighted by atomic mass is 9.97. The van der Waals surface area contributed by atoms with Gasteiger partial charge in [0.25, 0.3) is 5.69 Å². The van der Waals surface area contributed by atoms with E-state index in [0.29, 0.717) is 34.8 Å². The van der Waals surface area contributed by atoms with Crippen LogP contribution in [0.2, 0.25) is 5.02 Å². The maximum atomic E-state index is 11.8. The number of amides is 1. The van der Waals surface area contributed by atoms with Crippen LogP contribution in [-0.2, 0) is 4.74 Å². The SMILES string of the molecule is CC(C)(C)OC(=O)NC[C@@H]1CCCN(c2c([N+](=O)[O-])ccc(Cl)c2Br)C1. The fraction of sp³-hybridized carbons (Fsp3) is 0.588. The molecule has 1 aliphatic heterocycles. The Hall–Kier alpha value is -1.54. The number of nitrogens with zero attached hydrogens (tertiary/aromatic N) is 2. The second-order valence-corrected chi connectivity index (χ2v) is 8.52. The Kier molecular flexibility index (Phi) is 6.74. The summed E-state index contributed by atoms with van der Waals surface area (Å²) in [7, 11) is 0. The zero-order valence-corrected chi connectivity index (χ0v) is 17.4. The summed E-state index contributed by atoms with van der Waals surface area (Å²) in [5, 5.41) is 14.6. The van der Waals surface area contributed by atoms with E-state index in [-0.39, 0.29) is 11.6 Å². The van der Waals surface area contributed by atoms with E-state index in [1.807, 2.05) is 25.7 Å². The molecule has 0 spiro atoms. The summed E-state index contributed by atoms with van der Waals surface area (Å²) in [4.78, 5) is 24.8. The van der Waals surface area contributed by atoms with Crippen molar-refractivity contribution >= 4 is 45.0 Å². The predicted octanol–water partition coefficient (Wildman–Crippen LogP) is 4.75. The Morgan fingerprint density at radius 1 is 1.50 bits per heavy atom. The van der Waals surface area contributed by atoms with Crippen LogP contribution in [0.15, 0.2) is 16.6 Å². The first-order chi connectivity index (χ1) is 12.1. The number of nitro groups is 1. The molecule has 1 amide bonds. The summed E-state index contributed by atoms with van der Waals surface area (Å²) >= 11 is 9.52. The molecule has 1 aliphatic rings. The average Bonchev–Trinajstić information content (AvgIpc) is 2.53. The smallest absolute Gasteiger partial charge is 0.407 e. The standard InChI is InChI=1S/C17H23BrClN3O4/c1-17(2,3)26-16(23)20-9-11-5-4-8-21(10-11)15-13(22(24)25)7-6-12(19)14(15)18/h6-7,11H,4-5,8-10H2,1-3H3,(H,20,23)/t11-/m0/s1. The number of piperidine rings is 1. The molecule has 1 aromatic rings. The molecular weight excluding hydrogens is 426 g/mol. The summed E-state index contributed by atoms with van der Waals surface area (Å²) in [5.74, 6) is 0.168. The lowest BCUT2D eigenvalue weighted by molar-refractivity contribution is -0.384. The van der Waals surface area contributed by atoms with Gasteiger partial charge >= 0.3 is 6.09 Å². The Balaban J connectivity index is 2.08. The number of hydrogen-bond acceptors (Lipinski definition) is 5. The zero-order chi connectivity index (χ0) is 19.5. The van der Waals surface area contributed by atoms with Crippen LogP contribution in [0.4, 0.5) is 16.2 Å². The number of benzene rings is 1. The van der Waals surface area contributed by atoms with Crippen LogP contribution >= 0.6 is 27.5 Å². The van der Waals surface area contributed by atoms with Gasteiger partial charge in [0.05, 0.1) is 14.4 Å². The van der Waals surface area contributed by atoms with Crippen LogP contribution < -0.4 is 10.2 Å². The second-order valence-electron chi connectivity index (χ2n) is 7.32. The van der Waals surface area contributed by atoms with Crippen LogP contribution in [-0.4, -0.2) is 36.3 Å². The van der Waals surface area contributed by atoms with E-state index in [2.05, 4.69) is 21.2 Å². The molecule has 0 unspecified atom stereocenters. The molecule has 0 aromatic heterocycles. The third kappa shape index (κ3) is 5.48. The van der Waals surface area contributed by atoms with Gasteiger partial charge in [0.2, 0.25) is 0 Å². The number of nitro benzene ring substituents is 1. The maximum Gasteiger partial charge on any atom is 0.407 e. The molecule has 1 atom stereocenters. The van der Waals surface area contributed by atoms with Crippen LogP contribution in [0.1, 0.15) is 33.6 Å². The third-order valence-corrected chi connectivity index (χ3v) is 5.36. The number of carbonyl (C=O) groups is 1. The first kappa shape index (κ1) is 20.8. The Morgan fingerprint density at radius 3 is 2.81 bits per heavy atom. The molecule has 0 bridgehead atoms. The van der Waals surface area contributed by atoms with Crippen LogP contribution in [0.3, 0.4) is 0 Å². The summed E-state index contributed by atoms with van der Waals surface area (Å²) < 4.78 is 5.77. The van der Waals surface area contributed by atoms with Crippen molar-refractivity contribution < 1.29 is 14.5 Å². The summed E-state index contributed by atoms with van der Waals surface area (Å²) in [6.07, 6.45) is 1.35. The van der Waals surface area contributed by atoms with Crippen molar-refractivity contribution in [1.82, 2.24) is 5.32 Å². The fourth-order valence-electron chi connectivity index (χ4n) is 2.95. The number of hydrogen-bond donors (Lipinski definition) is 1. The first-order valence-electron chi connectivity index (χ1n) is 8.42. The lowest BCUT2D eigenvalue weighted by Gasteiger charge is -2.35. The number of nitrogens with one attached hydrogen (secondary N) is 1. The minimum Gasteiger partial charge on any atom is -0.444 e. The number of halogens is 2. The van der Waals surface area contributed by atoms with E-state index in [1.165, 1.54) is 12.1 Å². The minimum atomic E-state index is -0.547. The normalized spacial score (nSPS) is 17.7. The van der Waals surface area contributed by atoms with E-state index in [4.69, 9.17) is 16.3 Å². The number of rotatable bonds is 4. The molecule has 1 aromatic carbocycles. The highest BCUT2D eigenvalue weighted by molar-refractivity contribution is 9.10. The van der Waals surface area contributed by atoms with Gasteiger partial charge in [-0.3, -0.25) is 10.1 Å². The molecule has 26 heavy (non-hydrogen) atoms. The number of alkyl carbamates (subject to hydrolysis) is 1. The number of anilines is 1. The average molecular weight is 449 g/mol. The largest absolute Gasteiger partial charge is 0.444 e. The Labute approximate surface area is 166 Å². The van der Waals surface area contributed by atoms with Gasteiger partial charge in [-0.1, -0.05) is 11.6 Å². The molecule has 1 heterocycles. The van der Waals surface area contributed by atoms with Gasteiger partial charge in [-0.25, -0.2) is 4.79 Å². The first-order valence-corrected chi connectivity index (χ1v) is 9.60. The van der Waals surface area contributed by atoms with Crippen LogP contribution in [0, 0.1) is 16.0 Å². The lowest BCUT2D eigenvalue weighted by Crippen LogP contribution is -2.42. The zero-order valence-electron chi connectivity index (χ0n) is 15.1. The monoisotopic (exact) mass is 447 g/mol. The van der Waals surface area contributed by atoms with E-state index in [0.717, 1.165) is 12.8 Å². The number of ether oxygens (including phenoxy) is 1. The Bertz CT molecular complexity index is 693. The van der Waals surface area contributed by atoms with Crippen LogP contribution in [0.5, 0.6) is 0 Å². The summed E-state index contributed by atoms with van der Waals surface area (Å²) in [6, 6.07) is 2.93. The molecule has 1 N–H and O–H groups in total. The molecule has 7 nitrogen and oxygen atoms in total. The van der Waals surface area contributed by atoms with Gasteiger partial charge in [-0.15, -0.1) is 0 Å². The molecule has 0 aliphatic carbocycles.